The minimum absolute atomic E-state index is 0.596. The van der Waals surface area contributed by atoms with E-state index in [-0.39, 0.29) is 0 Å². The van der Waals surface area contributed by atoms with Crippen molar-refractivity contribution in [2.24, 2.45) is 5.92 Å². The lowest BCUT2D eigenvalue weighted by molar-refractivity contribution is 0.0588. The summed E-state index contributed by atoms with van der Waals surface area (Å²) in [4.78, 5) is 0. The number of nitrogens with one attached hydrogen (secondary N) is 1. The molecule has 0 spiro atoms. The van der Waals surface area contributed by atoms with Gasteiger partial charge in [0.25, 0.3) is 0 Å². The van der Waals surface area contributed by atoms with E-state index in [4.69, 9.17) is 4.74 Å². The molecule has 10 heavy (non-hydrogen) atoms. The molecule has 1 N–H and O–H groups in total. The van der Waals surface area contributed by atoms with Gasteiger partial charge in [-0.05, 0) is 5.92 Å². The fraction of sp³-hybridized carbons (Fsp3) is 1.00. The number of morpholine rings is 1. The van der Waals surface area contributed by atoms with E-state index in [1.165, 1.54) is 6.42 Å². The highest BCUT2D eigenvalue weighted by atomic mass is 16.5. The third kappa shape index (κ3) is 1.96. The van der Waals surface area contributed by atoms with Crippen molar-refractivity contribution in [1.82, 2.24) is 5.32 Å². The van der Waals surface area contributed by atoms with Gasteiger partial charge in [0.1, 0.15) is 0 Å². The van der Waals surface area contributed by atoms with Crippen LogP contribution in [0.3, 0.4) is 0 Å². The molecule has 0 aliphatic carbocycles. The van der Waals surface area contributed by atoms with Crippen molar-refractivity contribution in [2.45, 2.75) is 26.3 Å². The highest BCUT2D eigenvalue weighted by Gasteiger charge is 2.17. The summed E-state index contributed by atoms with van der Waals surface area (Å²) in [6.07, 6.45) is 1.24. The summed E-state index contributed by atoms with van der Waals surface area (Å²) in [6, 6.07) is 0.596. The predicted molar refractivity (Wildman–Crippen MR) is 42.1 cm³/mol. The molecule has 0 saturated carbocycles. The van der Waals surface area contributed by atoms with Gasteiger partial charge in [-0.2, -0.15) is 0 Å². The summed E-state index contributed by atoms with van der Waals surface area (Å²) in [5.41, 5.74) is 0. The fourth-order valence-corrected chi connectivity index (χ4v) is 1.24. The normalized spacial score (nSPS) is 30.0. The first-order valence-electron chi connectivity index (χ1n) is 4.15. The summed E-state index contributed by atoms with van der Waals surface area (Å²) in [5, 5.41) is 3.44. The fourth-order valence-electron chi connectivity index (χ4n) is 1.24. The molecule has 2 nitrogen and oxygen atoms in total. The average Bonchev–Trinajstić information content (AvgIpc) is 2.05. The molecule has 1 aliphatic heterocycles. The van der Waals surface area contributed by atoms with Gasteiger partial charge < -0.3 is 10.1 Å². The molecular formula is C8H17NO. The standard InChI is InChI=1S/C8H17NO/c1-3-7(2)8-6-10-5-4-9-8/h7-9H,3-6H2,1-2H3. The molecule has 1 aliphatic rings. The van der Waals surface area contributed by atoms with Crippen molar-refractivity contribution in [3.05, 3.63) is 0 Å². The smallest absolute Gasteiger partial charge is 0.0622 e. The van der Waals surface area contributed by atoms with Crippen molar-refractivity contribution in [1.29, 1.82) is 0 Å². The lowest BCUT2D eigenvalue weighted by Gasteiger charge is -2.28. The summed E-state index contributed by atoms with van der Waals surface area (Å²) in [7, 11) is 0. The van der Waals surface area contributed by atoms with Crippen LogP contribution in [0.25, 0.3) is 0 Å². The second kappa shape index (κ2) is 3.94. The van der Waals surface area contributed by atoms with E-state index in [0.29, 0.717) is 6.04 Å². The molecule has 0 aromatic rings. The van der Waals surface area contributed by atoms with E-state index in [1.807, 2.05) is 0 Å². The van der Waals surface area contributed by atoms with Gasteiger partial charge >= 0.3 is 0 Å². The van der Waals surface area contributed by atoms with Crippen LogP contribution >= 0.6 is 0 Å². The Morgan fingerprint density at radius 3 is 3.00 bits per heavy atom. The maximum absolute atomic E-state index is 5.34. The molecule has 2 heteroatoms. The highest BCUT2D eigenvalue weighted by molar-refractivity contribution is 4.74. The zero-order chi connectivity index (χ0) is 7.40. The molecule has 2 atom stereocenters. The van der Waals surface area contributed by atoms with Crippen LogP contribution in [0.15, 0.2) is 0 Å². The third-order valence-corrected chi connectivity index (χ3v) is 2.28. The summed E-state index contributed by atoms with van der Waals surface area (Å²) in [5.74, 6) is 0.750. The maximum atomic E-state index is 5.34. The Labute approximate surface area is 63.0 Å². The summed E-state index contributed by atoms with van der Waals surface area (Å²) >= 11 is 0. The number of hydrogen-bond donors (Lipinski definition) is 1. The van der Waals surface area contributed by atoms with Crippen molar-refractivity contribution in [3.63, 3.8) is 0 Å². The third-order valence-electron chi connectivity index (χ3n) is 2.28. The van der Waals surface area contributed by atoms with Crippen molar-refractivity contribution in [3.8, 4) is 0 Å². The Balaban J connectivity index is 2.24. The van der Waals surface area contributed by atoms with Crippen LogP contribution in [0.4, 0.5) is 0 Å². The molecule has 1 fully saturated rings. The van der Waals surface area contributed by atoms with Crippen LogP contribution in [-0.2, 0) is 4.74 Å². The van der Waals surface area contributed by atoms with Crippen molar-refractivity contribution in [2.75, 3.05) is 19.8 Å². The molecule has 0 bridgehead atoms. The van der Waals surface area contributed by atoms with Gasteiger partial charge in [0, 0.05) is 12.6 Å². The Hall–Kier alpha value is -0.0800. The Bertz CT molecular complexity index is 89.3. The van der Waals surface area contributed by atoms with Crippen molar-refractivity contribution >= 4 is 0 Å². The minimum atomic E-state index is 0.596. The van der Waals surface area contributed by atoms with Crippen LogP contribution in [-0.4, -0.2) is 25.8 Å². The van der Waals surface area contributed by atoms with Gasteiger partial charge in [0.2, 0.25) is 0 Å². The summed E-state index contributed by atoms with van der Waals surface area (Å²) < 4.78 is 5.34. The number of rotatable bonds is 2. The van der Waals surface area contributed by atoms with E-state index in [2.05, 4.69) is 19.2 Å². The van der Waals surface area contributed by atoms with E-state index < -0.39 is 0 Å². The van der Waals surface area contributed by atoms with Crippen LogP contribution < -0.4 is 5.32 Å². The molecule has 1 rings (SSSR count). The average molecular weight is 143 g/mol. The molecule has 60 valence electrons. The summed E-state index contributed by atoms with van der Waals surface area (Å²) in [6.45, 7) is 7.30. The van der Waals surface area contributed by atoms with Gasteiger partial charge in [-0.1, -0.05) is 20.3 Å². The number of hydrogen-bond acceptors (Lipinski definition) is 2. The monoisotopic (exact) mass is 143 g/mol. The lowest BCUT2D eigenvalue weighted by Crippen LogP contribution is -2.45. The Morgan fingerprint density at radius 2 is 2.50 bits per heavy atom. The van der Waals surface area contributed by atoms with E-state index in [1.54, 1.807) is 0 Å². The van der Waals surface area contributed by atoms with Gasteiger partial charge in [0.15, 0.2) is 0 Å². The van der Waals surface area contributed by atoms with Crippen molar-refractivity contribution < 1.29 is 4.74 Å². The topological polar surface area (TPSA) is 21.3 Å². The van der Waals surface area contributed by atoms with Gasteiger partial charge in [-0.15, -0.1) is 0 Å². The zero-order valence-corrected chi connectivity index (χ0v) is 6.89. The van der Waals surface area contributed by atoms with Gasteiger partial charge in [0.05, 0.1) is 13.2 Å². The van der Waals surface area contributed by atoms with Crippen LogP contribution in [0.1, 0.15) is 20.3 Å². The first-order valence-corrected chi connectivity index (χ1v) is 4.15. The predicted octanol–water partition coefficient (Wildman–Crippen LogP) is 1.02. The highest BCUT2D eigenvalue weighted by Crippen LogP contribution is 2.09. The van der Waals surface area contributed by atoms with Crippen LogP contribution in [0, 0.1) is 5.92 Å². The Kier molecular flexibility index (Phi) is 3.16. The second-order valence-electron chi connectivity index (χ2n) is 3.02. The quantitative estimate of drug-likeness (QED) is 0.623. The lowest BCUT2D eigenvalue weighted by atomic mass is 9.99. The molecule has 0 amide bonds. The van der Waals surface area contributed by atoms with Crippen LogP contribution in [0.5, 0.6) is 0 Å². The van der Waals surface area contributed by atoms with E-state index in [0.717, 1.165) is 25.7 Å². The largest absolute Gasteiger partial charge is 0.379 e. The first-order chi connectivity index (χ1) is 4.84. The molecule has 1 heterocycles. The minimum Gasteiger partial charge on any atom is -0.379 e. The zero-order valence-electron chi connectivity index (χ0n) is 6.89. The molecule has 0 radical (unpaired) electrons. The molecule has 0 aromatic carbocycles. The first kappa shape index (κ1) is 8.02. The number of ether oxygens (including phenoxy) is 1. The van der Waals surface area contributed by atoms with Gasteiger partial charge in [-0.25, -0.2) is 0 Å². The maximum Gasteiger partial charge on any atom is 0.0622 e. The van der Waals surface area contributed by atoms with E-state index in [9.17, 15) is 0 Å². The molecule has 2 unspecified atom stereocenters. The van der Waals surface area contributed by atoms with Crippen LogP contribution in [0.2, 0.25) is 0 Å². The SMILES string of the molecule is CCC(C)C1COCCN1. The molecule has 1 saturated heterocycles. The second-order valence-corrected chi connectivity index (χ2v) is 3.02. The van der Waals surface area contributed by atoms with Gasteiger partial charge in [-0.3, -0.25) is 0 Å². The Morgan fingerprint density at radius 1 is 1.70 bits per heavy atom. The molecule has 0 aromatic heterocycles. The van der Waals surface area contributed by atoms with E-state index >= 15 is 0 Å². The molecular weight excluding hydrogens is 126 g/mol.